The van der Waals surface area contributed by atoms with Crippen molar-refractivity contribution < 1.29 is 51.4 Å². The first-order valence-electron chi connectivity index (χ1n) is 31.8. The van der Waals surface area contributed by atoms with Crippen LogP contribution in [0.1, 0.15) is 102 Å². The first-order valence-corrected chi connectivity index (χ1v) is 31.8. The maximum absolute atomic E-state index is 15.3. The van der Waals surface area contributed by atoms with E-state index in [0.29, 0.717) is 117 Å². The molecule has 3 aromatic rings. The molecule has 7 aliphatic heterocycles. The van der Waals surface area contributed by atoms with Gasteiger partial charge in [0.05, 0.1) is 68.3 Å². The zero-order valence-corrected chi connectivity index (χ0v) is 52.0. The molecule has 9 heterocycles. The highest BCUT2D eigenvalue weighted by atomic mass is 19.4. The van der Waals surface area contributed by atoms with Crippen molar-refractivity contribution in [3.05, 3.63) is 53.4 Å². The molecule has 4 unspecified atom stereocenters. The second kappa shape index (κ2) is 24.3. The Morgan fingerprint density at radius 2 is 1.71 bits per heavy atom. The predicted molar refractivity (Wildman–Crippen MR) is 322 cm³/mol. The summed E-state index contributed by atoms with van der Waals surface area (Å²) in [5.74, 6) is -1.03. The average Bonchev–Trinajstić information content (AvgIpc) is 1.62. The number of fused-ring (bicyclic) bond motifs is 6. The van der Waals surface area contributed by atoms with Crippen molar-refractivity contribution in [3.8, 4) is 11.3 Å². The van der Waals surface area contributed by atoms with Crippen molar-refractivity contribution in [3.63, 3.8) is 0 Å². The average molecular weight is 1210 g/mol. The van der Waals surface area contributed by atoms with Crippen molar-refractivity contribution >= 4 is 51.8 Å². The molecule has 8 atom stereocenters. The molecule has 9 aliphatic rings. The van der Waals surface area contributed by atoms with Crippen LogP contribution in [0.3, 0.4) is 0 Å². The summed E-state index contributed by atoms with van der Waals surface area (Å²) in [6.07, 6.45) is 5.09. The van der Waals surface area contributed by atoms with Crippen LogP contribution in [0.2, 0.25) is 0 Å². The molecule has 6 bridgehead atoms. The fourth-order valence-corrected chi connectivity index (χ4v) is 14.8. The summed E-state index contributed by atoms with van der Waals surface area (Å²) in [4.78, 5) is 90.8. The molecule has 2 N–H and O–H groups in total. The number of halogens is 3. The lowest BCUT2D eigenvalue weighted by atomic mass is 9.84. The number of amides is 4. The lowest BCUT2D eigenvalue weighted by Gasteiger charge is -2.55. The zero-order chi connectivity index (χ0) is 61.4. The van der Waals surface area contributed by atoms with Crippen LogP contribution in [-0.4, -0.2) is 241 Å². The van der Waals surface area contributed by atoms with E-state index in [1.54, 1.807) is 32.2 Å². The normalized spacial score (nSPS) is 28.0. The molecule has 474 valence electrons. The van der Waals surface area contributed by atoms with Crippen LogP contribution in [0, 0.1) is 17.3 Å². The molecule has 2 aromatic heterocycles. The molecule has 2 saturated carbocycles. The number of anilines is 1. The number of hydrazine groups is 1. The van der Waals surface area contributed by atoms with Crippen LogP contribution >= 0.6 is 0 Å². The highest BCUT2D eigenvalue weighted by Gasteiger charge is 2.63. The summed E-state index contributed by atoms with van der Waals surface area (Å²) in [5, 5.41) is 5.33. The number of hydrogen-bond acceptors (Lipinski definition) is 15. The Bertz CT molecular complexity index is 3150. The topological polar surface area (TPSA) is 181 Å². The maximum atomic E-state index is 15.3. The Kier molecular flexibility index (Phi) is 17.2. The summed E-state index contributed by atoms with van der Waals surface area (Å²) in [6, 6.07) is 5.47. The summed E-state index contributed by atoms with van der Waals surface area (Å²) in [5.41, 5.74) is 6.86. The number of hydrogen-bond donors (Lipinski definition) is 2. The number of nitrogens with one attached hydrogen (secondary N) is 2. The number of likely N-dealkylation sites (tertiary alicyclic amines) is 1. The summed E-state index contributed by atoms with van der Waals surface area (Å²) in [6.45, 7) is 15.3. The molecular weight excluding hydrogens is 1120 g/mol. The molecule has 87 heavy (non-hydrogen) atoms. The Morgan fingerprint density at radius 1 is 0.954 bits per heavy atom. The number of piperazine rings is 1. The number of carbonyl (C=O) groups excluding carboxylic acids is 5. The Labute approximate surface area is 508 Å². The summed E-state index contributed by atoms with van der Waals surface area (Å²) >= 11 is 0. The molecule has 1 spiro atoms. The fourth-order valence-electron chi connectivity index (χ4n) is 14.8. The van der Waals surface area contributed by atoms with Gasteiger partial charge in [-0.3, -0.25) is 53.6 Å². The SMILES string of the molecule is CO[C@@H](C)c1ncc(N2CCN(C3CC3)CC2)cc1-c1c2c3cc(ccc3n1CC(F)(F)F)C1=CCCN(C1)C[C@H](NC(=O)C(C(C)C)N1CCOC3(CN(C(=O)[C@H]4C(C5CC5)N4CC(=O)N(C)C)C3)C1)C(=O)N1CCC[C@H](N1)C(=O)OCC(C)(C)C2. The van der Waals surface area contributed by atoms with Crippen LogP contribution in [-0.2, 0) is 51.1 Å². The van der Waals surface area contributed by atoms with E-state index < -0.39 is 53.9 Å². The van der Waals surface area contributed by atoms with Crippen molar-refractivity contribution in [2.45, 2.75) is 147 Å². The molecule has 2 aliphatic carbocycles. The van der Waals surface area contributed by atoms with Crippen molar-refractivity contribution in [1.29, 1.82) is 0 Å². The van der Waals surface area contributed by atoms with E-state index >= 15 is 22.8 Å². The van der Waals surface area contributed by atoms with Crippen LogP contribution in [0.4, 0.5) is 18.9 Å². The van der Waals surface area contributed by atoms with Crippen LogP contribution in [0.25, 0.3) is 27.7 Å². The number of rotatable bonds is 14. The van der Waals surface area contributed by atoms with Gasteiger partial charge >= 0.3 is 12.1 Å². The minimum absolute atomic E-state index is 0.0161. The number of morpholine rings is 1. The minimum atomic E-state index is -4.60. The number of esters is 1. The number of alkyl halides is 3. The van der Waals surface area contributed by atoms with E-state index in [1.807, 2.05) is 68.8 Å². The number of carbonyl (C=O) groups is 5. The number of benzene rings is 1. The molecule has 4 amide bonds. The number of pyridine rings is 1. The number of nitrogens with zero attached hydrogens (tertiary/aromatic N) is 10. The molecule has 20 nitrogen and oxygen atoms in total. The lowest BCUT2D eigenvalue weighted by molar-refractivity contribution is -0.197. The predicted octanol–water partition coefficient (Wildman–Crippen LogP) is 4.94. The molecule has 12 rings (SSSR count). The van der Waals surface area contributed by atoms with Gasteiger partial charge in [0.2, 0.25) is 17.7 Å². The van der Waals surface area contributed by atoms with Crippen LogP contribution in [0.15, 0.2) is 36.5 Å². The third-order valence-corrected chi connectivity index (χ3v) is 19.8. The lowest BCUT2D eigenvalue weighted by Crippen LogP contribution is -2.73. The molecule has 5 saturated heterocycles. The van der Waals surface area contributed by atoms with E-state index in [2.05, 4.69) is 36.4 Å². The second-order valence-electron chi connectivity index (χ2n) is 27.7. The quantitative estimate of drug-likeness (QED) is 0.164. The first kappa shape index (κ1) is 61.5. The van der Waals surface area contributed by atoms with Gasteiger partial charge in [-0.1, -0.05) is 39.8 Å². The third kappa shape index (κ3) is 13.0. The van der Waals surface area contributed by atoms with Gasteiger partial charge in [-0.15, -0.1) is 0 Å². The van der Waals surface area contributed by atoms with Crippen LogP contribution < -0.4 is 15.6 Å². The molecule has 0 radical (unpaired) electrons. The van der Waals surface area contributed by atoms with Gasteiger partial charge in [0.1, 0.15) is 30.3 Å². The van der Waals surface area contributed by atoms with Gasteiger partial charge in [0.15, 0.2) is 0 Å². The van der Waals surface area contributed by atoms with E-state index in [9.17, 15) is 14.4 Å². The van der Waals surface area contributed by atoms with Gasteiger partial charge in [-0.05, 0) is 105 Å². The molecular formula is C64H89F3N12O8. The Hall–Kier alpha value is -5.69. The molecule has 23 heteroatoms. The highest BCUT2D eigenvalue weighted by molar-refractivity contribution is 5.96. The monoisotopic (exact) mass is 1210 g/mol. The largest absolute Gasteiger partial charge is 0.464 e. The third-order valence-electron chi connectivity index (χ3n) is 19.8. The molecule has 1 aromatic carbocycles. The summed E-state index contributed by atoms with van der Waals surface area (Å²) in [7, 11) is 5.03. The first-order chi connectivity index (χ1) is 41.5. The van der Waals surface area contributed by atoms with E-state index in [1.165, 1.54) is 22.4 Å². The standard InChI is InChI=1S/C64H89F3N12O8/c1-39(2)54(75-25-26-87-63(34-75)35-76(36-63)60(83)57-55(41-13-14-41)77(57)33-52(80)71(6)7)58(81)69-50-32-72-19-9-11-43(31-72)42-15-18-51-46(27-42)48(29-62(4,5)38-86-61(84)49-12-10-20-79(70-49)59(50)82)56(78(51)37-64(65,66)67)47-28-45(30-68-53(47)40(3)85-8)74-23-21-73(22-24-74)44-16-17-44/h11,15,18,27-28,30,39-41,44,49-50,54-55,57,70H,9-10,12-14,16-17,19-26,29,31-38H2,1-8H3,(H,69,81)/t40-,49-,50-,54?,55?,57+,77?/m0/s1. The Morgan fingerprint density at radius 3 is 2.40 bits per heavy atom. The minimum Gasteiger partial charge on any atom is -0.464 e. The van der Waals surface area contributed by atoms with Gasteiger partial charge in [0, 0.05) is 121 Å². The van der Waals surface area contributed by atoms with Crippen molar-refractivity contribution in [2.24, 2.45) is 17.3 Å². The van der Waals surface area contributed by atoms with Gasteiger partial charge in [0.25, 0.3) is 5.91 Å². The van der Waals surface area contributed by atoms with E-state index in [4.69, 9.17) is 19.2 Å². The number of cyclic esters (lactones) is 1. The number of aromatic nitrogens is 2. The maximum Gasteiger partial charge on any atom is 0.406 e. The van der Waals surface area contributed by atoms with Crippen molar-refractivity contribution in [2.75, 3.05) is 124 Å². The Balaban J connectivity index is 0.839. The second-order valence-corrected chi connectivity index (χ2v) is 27.7. The van der Waals surface area contributed by atoms with E-state index in [-0.39, 0.29) is 67.7 Å². The number of likely N-dealkylation sites (N-methyl/N-ethyl adjacent to an activating group) is 1. The summed E-state index contributed by atoms with van der Waals surface area (Å²) < 4.78 is 65.7. The highest BCUT2D eigenvalue weighted by Crippen LogP contribution is 2.49. The van der Waals surface area contributed by atoms with Gasteiger partial charge in [-0.25, -0.2) is 5.43 Å². The number of methoxy groups -OCH3 is 1. The number of ether oxygens (including phenoxy) is 3. The van der Waals surface area contributed by atoms with Gasteiger partial charge < -0.3 is 38.8 Å². The van der Waals surface area contributed by atoms with Crippen molar-refractivity contribution in [1.82, 2.24) is 54.7 Å². The zero-order valence-electron chi connectivity index (χ0n) is 52.0. The fraction of sp³-hybridized carbons (Fsp3) is 0.688. The smallest absolute Gasteiger partial charge is 0.406 e. The van der Waals surface area contributed by atoms with E-state index in [0.717, 1.165) is 55.8 Å². The molecule has 7 fully saturated rings. The van der Waals surface area contributed by atoms with Gasteiger partial charge in [-0.2, -0.15) is 13.2 Å². The van der Waals surface area contributed by atoms with Crippen LogP contribution in [0.5, 0.6) is 0 Å².